The van der Waals surface area contributed by atoms with E-state index >= 15 is 0 Å². The van der Waals surface area contributed by atoms with Gasteiger partial charge in [0.2, 0.25) is 0 Å². The smallest absolute Gasteiger partial charge is 0.274 e. The molecule has 1 aromatic heterocycles. The first-order chi connectivity index (χ1) is 13.7. The Morgan fingerprint density at radius 2 is 1.68 bits per heavy atom. The van der Waals surface area contributed by atoms with Crippen molar-refractivity contribution < 1.29 is 4.79 Å². The minimum absolute atomic E-state index is 0.274. The third-order valence-corrected chi connectivity index (χ3v) is 4.94. The highest BCUT2D eigenvalue weighted by Crippen LogP contribution is 2.24. The van der Waals surface area contributed by atoms with Crippen LogP contribution in [0.25, 0.3) is 0 Å². The molecule has 1 amide bonds. The fourth-order valence-corrected chi connectivity index (χ4v) is 3.45. The number of carbonyl (C=O) groups is 1. The number of anilines is 4. The zero-order valence-corrected chi connectivity index (χ0v) is 16.1. The lowest BCUT2D eigenvalue weighted by Gasteiger charge is -2.18. The Balaban J connectivity index is 1.38. The summed E-state index contributed by atoms with van der Waals surface area (Å²) in [5.41, 5.74) is 4.05. The average molecular weight is 393 g/mol. The van der Waals surface area contributed by atoms with Gasteiger partial charge >= 0.3 is 0 Å². The maximum atomic E-state index is 12.3. The molecule has 2 heterocycles. The van der Waals surface area contributed by atoms with Gasteiger partial charge in [0, 0.05) is 35.2 Å². The van der Waals surface area contributed by atoms with Crippen LogP contribution in [0.3, 0.4) is 0 Å². The van der Waals surface area contributed by atoms with Gasteiger partial charge in [0.05, 0.1) is 11.9 Å². The topological polar surface area (TPSA) is 57.3 Å². The maximum absolute atomic E-state index is 12.3. The molecule has 0 atom stereocenters. The van der Waals surface area contributed by atoms with Crippen molar-refractivity contribution in [3.63, 3.8) is 0 Å². The molecule has 0 radical (unpaired) electrons. The van der Waals surface area contributed by atoms with E-state index < -0.39 is 0 Å². The number of hydrogen-bond acceptors (Lipinski definition) is 4. The summed E-state index contributed by atoms with van der Waals surface area (Å²) in [6.45, 7) is 2.27. The number of amides is 1. The van der Waals surface area contributed by atoms with Gasteiger partial charge in [-0.15, -0.1) is 0 Å². The first kappa shape index (κ1) is 18.3. The number of pyridine rings is 1. The van der Waals surface area contributed by atoms with Crippen LogP contribution in [0.4, 0.5) is 22.7 Å². The van der Waals surface area contributed by atoms with Gasteiger partial charge in [-0.1, -0.05) is 17.7 Å². The first-order valence-electron chi connectivity index (χ1n) is 9.32. The average Bonchev–Trinajstić information content (AvgIpc) is 3.24. The van der Waals surface area contributed by atoms with Gasteiger partial charge in [0.1, 0.15) is 5.69 Å². The van der Waals surface area contributed by atoms with E-state index in [4.69, 9.17) is 11.6 Å². The van der Waals surface area contributed by atoms with Crippen LogP contribution in [-0.2, 0) is 0 Å². The van der Waals surface area contributed by atoms with E-state index in [1.54, 1.807) is 36.5 Å². The van der Waals surface area contributed by atoms with E-state index in [9.17, 15) is 4.79 Å². The van der Waals surface area contributed by atoms with Gasteiger partial charge in [0.25, 0.3) is 5.91 Å². The van der Waals surface area contributed by atoms with Crippen LogP contribution in [-0.4, -0.2) is 24.0 Å². The third kappa shape index (κ3) is 4.43. The minimum atomic E-state index is -0.274. The molecule has 0 saturated carbocycles. The Morgan fingerprint density at radius 3 is 2.36 bits per heavy atom. The molecule has 2 N–H and O–H groups in total. The molecule has 3 aromatic rings. The fourth-order valence-electron chi connectivity index (χ4n) is 3.26. The van der Waals surface area contributed by atoms with E-state index in [0.717, 1.165) is 24.5 Å². The molecule has 28 heavy (non-hydrogen) atoms. The van der Waals surface area contributed by atoms with E-state index in [-0.39, 0.29) is 5.91 Å². The highest BCUT2D eigenvalue weighted by molar-refractivity contribution is 6.30. The van der Waals surface area contributed by atoms with Crippen molar-refractivity contribution in [3.05, 3.63) is 77.6 Å². The number of rotatable bonds is 5. The van der Waals surface area contributed by atoms with Crippen LogP contribution in [0.5, 0.6) is 0 Å². The van der Waals surface area contributed by atoms with Crippen molar-refractivity contribution in [2.75, 3.05) is 28.6 Å². The van der Waals surface area contributed by atoms with Gasteiger partial charge in [-0.3, -0.25) is 4.79 Å². The Hall–Kier alpha value is -3.05. The second-order valence-electron chi connectivity index (χ2n) is 6.76. The summed E-state index contributed by atoms with van der Waals surface area (Å²) < 4.78 is 0. The van der Waals surface area contributed by atoms with Gasteiger partial charge in [0.15, 0.2) is 0 Å². The Labute approximate surface area is 169 Å². The van der Waals surface area contributed by atoms with E-state index in [1.807, 2.05) is 6.07 Å². The Kier molecular flexibility index (Phi) is 5.44. The van der Waals surface area contributed by atoms with E-state index in [2.05, 4.69) is 44.8 Å². The second kappa shape index (κ2) is 8.31. The third-order valence-electron chi connectivity index (χ3n) is 4.71. The molecule has 6 heteroatoms. The van der Waals surface area contributed by atoms with Gasteiger partial charge in [-0.05, 0) is 67.4 Å². The number of carbonyl (C=O) groups excluding carboxylic acids is 1. The number of nitrogens with zero attached hydrogens (tertiary/aromatic N) is 2. The summed E-state index contributed by atoms with van der Waals surface area (Å²) in [6.07, 6.45) is 4.19. The first-order valence-corrected chi connectivity index (χ1v) is 9.70. The van der Waals surface area contributed by atoms with Gasteiger partial charge in [-0.25, -0.2) is 4.98 Å². The molecule has 5 nitrogen and oxygen atoms in total. The summed E-state index contributed by atoms with van der Waals surface area (Å²) in [7, 11) is 0. The standard InChI is InChI=1S/C22H21ClN4O/c23-16-4-3-5-18(14-16)26-22(28)21-11-8-19(15-24-21)25-17-6-9-20(10-7-17)27-12-1-2-13-27/h3-11,14-15,25H,1-2,12-13H2,(H,26,28). The summed E-state index contributed by atoms with van der Waals surface area (Å²) in [4.78, 5) is 19.0. The van der Waals surface area contributed by atoms with Crippen molar-refractivity contribution >= 4 is 40.3 Å². The minimum Gasteiger partial charge on any atom is -0.372 e. The Bertz CT molecular complexity index is 951. The number of hydrogen-bond donors (Lipinski definition) is 2. The molecule has 2 aromatic carbocycles. The summed E-state index contributed by atoms with van der Waals surface area (Å²) in [5.74, 6) is -0.274. The van der Waals surface area contributed by atoms with Crippen LogP contribution >= 0.6 is 11.6 Å². The highest BCUT2D eigenvalue weighted by Gasteiger charge is 2.12. The largest absolute Gasteiger partial charge is 0.372 e. The lowest BCUT2D eigenvalue weighted by molar-refractivity contribution is 0.102. The monoisotopic (exact) mass is 392 g/mol. The van der Waals surface area contributed by atoms with E-state index in [1.165, 1.54) is 18.5 Å². The maximum Gasteiger partial charge on any atom is 0.274 e. The SMILES string of the molecule is O=C(Nc1cccc(Cl)c1)c1ccc(Nc2ccc(N3CCCC3)cc2)cn1. The van der Waals surface area contributed by atoms with Crippen molar-refractivity contribution in [2.24, 2.45) is 0 Å². The predicted octanol–water partition coefficient (Wildman–Crippen LogP) is 5.33. The quantitative estimate of drug-likeness (QED) is 0.616. The van der Waals surface area contributed by atoms with Crippen molar-refractivity contribution in [1.82, 2.24) is 4.98 Å². The molecule has 142 valence electrons. The molecular weight excluding hydrogens is 372 g/mol. The molecule has 1 saturated heterocycles. The Morgan fingerprint density at radius 1 is 0.929 bits per heavy atom. The number of benzene rings is 2. The zero-order valence-electron chi connectivity index (χ0n) is 15.4. The summed E-state index contributed by atoms with van der Waals surface area (Å²) in [5, 5.41) is 6.68. The molecular formula is C22H21ClN4O. The van der Waals surface area contributed by atoms with Crippen LogP contribution in [0, 0.1) is 0 Å². The number of aromatic nitrogens is 1. The number of nitrogens with one attached hydrogen (secondary N) is 2. The summed E-state index contributed by atoms with van der Waals surface area (Å²) in [6, 6.07) is 18.9. The van der Waals surface area contributed by atoms with Crippen LogP contribution in [0.15, 0.2) is 66.9 Å². The van der Waals surface area contributed by atoms with Crippen molar-refractivity contribution in [3.8, 4) is 0 Å². The van der Waals surface area contributed by atoms with Crippen molar-refractivity contribution in [2.45, 2.75) is 12.8 Å². The van der Waals surface area contributed by atoms with Crippen LogP contribution in [0.2, 0.25) is 5.02 Å². The molecule has 4 rings (SSSR count). The van der Waals surface area contributed by atoms with Crippen LogP contribution in [0.1, 0.15) is 23.3 Å². The second-order valence-corrected chi connectivity index (χ2v) is 7.20. The molecule has 0 unspecified atom stereocenters. The van der Waals surface area contributed by atoms with E-state index in [0.29, 0.717) is 16.4 Å². The molecule has 1 aliphatic heterocycles. The molecule has 1 aliphatic rings. The van der Waals surface area contributed by atoms with Crippen LogP contribution < -0.4 is 15.5 Å². The van der Waals surface area contributed by atoms with Gasteiger partial charge < -0.3 is 15.5 Å². The summed E-state index contributed by atoms with van der Waals surface area (Å²) >= 11 is 5.94. The lowest BCUT2D eigenvalue weighted by atomic mass is 10.2. The lowest BCUT2D eigenvalue weighted by Crippen LogP contribution is -2.17. The van der Waals surface area contributed by atoms with Crippen molar-refractivity contribution in [1.29, 1.82) is 0 Å². The fraction of sp³-hybridized carbons (Fsp3) is 0.182. The molecule has 1 fully saturated rings. The predicted molar refractivity (Wildman–Crippen MR) is 115 cm³/mol. The molecule has 0 spiro atoms. The molecule has 0 aliphatic carbocycles. The molecule has 0 bridgehead atoms. The zero-order chi connectivity index (χ0) is 19.3. The van der Waals surface area contributed by atoms with Gasteiger partial charge in [-0.2, -0.15) is 0 Å². The highest BCUT2D eigenvalue weighted by atomic mass is 35.5. The normalized spacial score (nSPS) is 13.4. The number of halogens is 1.